The molecule has 9 heteroatoms. The second kappa shape index (κ2) is 7.63. The van der Waals surface area contributed by atoms with Gasteiger partial charge in [0.15, 0.2) is 13.2 Å². The third-order valence-electron chi connectivity index (χ3n) is 4.49. The summed E-state index contributed by atoms with van der Waals surface area (Å²) in [4.78, 5) is 37.3. The van der Waals surface area contributed by atoms with E-state index in [0.717, 1.165) is 0 Å². The molecule has 0 saturated carbocycles. The molecule has 148 valence electrons. The molecule has 2 N–H and O–H groups in total. The molecule has 0 bridgehead atoms. The summed E-state index contributed by atoms with van der Waals surface area (Å²) >= 11 is 0. The molecule has 29 heavy (non-hydrogen) atoms. The van der Waals surface area contributed by atoms with Gasteiger partial charge in [-0.25, -0.2) is 5.43 Å². The maximum atomic E-state index is 12.3. The first-order valence-electron chi connectivity index (χ1n) is 8.93. The van der Waals surface area contributed by atoms with Crippen LogP contribution in [0.3, 0.4) is 0 Å². The quantitative estimate of drug-likeness (QED) is 0.600. The lowest BCUT2D eigenvalue weighted by Crippen LogP contribution is -2.44. The molecule has 0 radical (unpaired) electrons. The van der Waals surface area contributed by atoms with E-state index in [1.54, 1.807) is 49.4 Å². The summed E-state index contributed by atoms with van der Waals surface area (Å²) in [5, 5.41) is 6.83. The van der Waals surface area contributed by atoms with Gasteiger partial charge in [0, 0.05) is 0 Å². The number of rotatable bonds is 4. The van der Waals surface area contributed by atoms with Crippen LogP contribution in [0.1, 0.15) is 12.5 Å². The SMILES string of the molecule is C/C(=N/NC(=O)CN1C(=O)COc2ccccc21)c1ccc2c(c1)NC(=O)CO2. The largest absolute Gasteiger partial charge is 0.482 e. The molecular weight excluding hydrogens is 376 g/mol. The van der Waals surface area contributed by atoms with Crippen molar-refractivity contribution in [2.45, 2.75) is 6.92 Å². The maximum absolute atomic E-state index is 12.3. The van der Waals surface area contributed by atoms with Crippen LogP contribution in [0, 0.1) is 0 Å². The van der Waals surface area contributed by atoms with Crippen LogP contribution < -0.4 is 25.1 Å². The molecule has 0 aromatic heterocycles. The number of hydrogen-bond acceptors (Lipinski definition) is 6. The lowest BCUT2D eigenvalue weighted by molar-refractivity contribution is -0.125. The number of anilines is 2. The normalized spacial score (nSPS) is 15.5. The molecule has 4 rings (SSSR count). The number of nitrogens with one attached hydrogen (secondary N) is 2. The summed E-state index contributed by atoms with van der Waals surface area (Å²) in [7, 11) is 0. The minimum atomic E-state index is -0.441. The second-order valence-corrected chi connectivity index (χ2v) is 6.52. The minimum Gasteiger partial charge on any atom is -0.482 e. The van der Waals surface area contributed by atoms with Gasteiger partial charge in [0.1, 0.15) is 18.0 Å². The van der Waals surface area contributed by atoms with Crippen molar-refractivity contribution in [1.82, 2.24) is 5.43 Å². The van der Waals surface area contributed by atoms with Gasteiger partial charge >= 0.3 is 0 Å². The predicted octanol–water partition coefficient (Wildman–Crippen LogP) is 1.28. The van der Waals surface area contributed by atoms with E-state index in [2.05, 4.69) is 15.8 Å². The fourth-order valence-electron chi connectivity index (χ4n) is 3.03. The molecule has 0 aliphatic carbocycles. The molecule has 2 aliphatic heterocycles. The number of hydrogen-bond donors (Lipinski definition) is 2. The molecule has 2 aliphatic rings. The Kier molecular flexibility index (Phi) is 4.86. The highest BCUT2D eigenvalue weighted by Gasteiger charge is 2.26. The maximum Gasteiger partial charge on any atom is 0.265 e. The third kappa shape index (κ3) is 3.88. The fourth-order valence-corrected chi connectivity index (χ4v) is 3.03. The van der Waals surface area contributed by atoms with E-state index in [-0.39, 0.29) is 31.6 Å². The minimum absolute atomic E-state index is 0.0150. The smallest absolute Gasteiger partial charge is 0.265 e. The van der Waals surface area contributed by atoms with Gasteiger partial charge in [-0.1, -0.05) is 12.1 Å². The number of fused-ring (bicyclic) bond motifs is 2. The van der Waals surface area contributed by atoms with E-state index >= 15 is 0 Å². The summed E-state index contributed by atoms with van der Waals surface area (Å²) in [5.74, 6) is 0.162. The molecule has 2 aromatic carbocycles. The van der Waals surface area contributed by atoms with E-state index in [0.29, 0.717) is 34.1 Å². The van der Waals surface area contributed by atoms with Gasteiger partial charge < -0.3 is 14.8 Å². The van der Waals surface area contributed by atoms with Crippen LogP contribution in [0.25, 0.3) is 0 Å². The van der Waals surface area contributed by atoms with E-state index in [9.17, 15) is 14.4 Å². The standard InChI is InChI=1S/C20H18N4O5/c1-12(13-6-7-16-14(8-13)21-19(26)10-28-16)22-23-18(25)9-24-15-4-2-3-5-17(15)29-11-20(24)27/h2-8H,9-11H2,1H3,(H,21,26)(H,23,25)/b22-12-. The van der Waals surface area contributed by atoms with Gasteiger partial charge in [0.2, 0.25) is 0 Å². The van der Waals surface area contributed by atoms with Crippen LogP contribution in [-0.2, 0) is 14.4 Å². The average molecular weight is 394 g/mol. The van der Waals surface area contributed by atoms with Gasteiger partial charge in [-0.3, -0.25) is 19.3 Å². The Morgan fingerprint density at radius 3 is 2.79 bits per heavy atom. The van der Waals surface area contributed by atoms with E-state index < -0.39 is 5.91 Å². The highest BCUT2D eigenvalue weighted by atomic mass is 16.5. The number of benzene rings is 2. The van der Waals surface area contributed by atoms with Gasteiger partial charge in [-0.05, 0) is 42.8 Å². The Hall–Kier alpha value is -3.88. The van der Waals surface area contributed by atoms with Crippen molar-refractivity contribution in [2.75, 3.05) is 30.0 Å². The summed E-state index contributed by atoms with van der Waals surface area (Å²) in [6.45, 7) is 1.42. The fraction of sp³-hybridized carbons (Fsp3) is 0.200. The zero-order valence-corrected chi connectivity index (χ0v) is 15.6. The van der Waals surface area contributed by atoms with Crippen LogP contribution in [-0.4, -0.2) is 43.2 Å². The van der Waals surface area contributed by atoms with Gasteiger partial charge in [0.25, 0.3) is 17.7 Å². The summed E-state index contributed by atoms with van der Waals surface area (Å²) < 4.78 is 10.7. The van der Waals surface area contributed by atoms with Crippen LogP contribution in [0.4, 0.5) is 11.4 Å². The van der Waals surface area contributed by atoms with Crippen molar-refractivity contribution in [3.63, 3.8) is 0 Å². The van der Waals surface area contributed by atoms with Crippen molar-refractivity contribution < 1.29 is 23.9 Å². The Balaban J connectivity index is 1.44. The van der Waals surface area contributed by atoms with E-state index in [4.69, 9.17) is 9.47 Å². The second-order valence-electron chi connectivity index (χ2n) is 6.52. The number of carbonyl (C=O) groups excluding carboxylic acids is 3. The van der Waals surface area contributed by atoms with Crippen LogP contribution in [0.2, 0.25) is 0 Å². The van der Waals surface area contributed by atoms with Crippen LogP contribution >= 0.6 is 0 Å². The summed E-state index contributed by atoms with van der Waals surface area (Å²) in [5.41, 5.74) is 4.81. The number of amides is 3. The van der Waals surface area contributed by atoms with Crippen molar-refractivity contribution in [3.8, 4) is 11.5 Å². The molecule has 2 heterocycles. The highest BCUT2D eigenvalue weighted by molar-refractivity contribution is 6.04. The first kappa shape index (κ1) is 18.5. The molecule has 0 spiro atoms. The molecule has 0 saturated heterocycles. The predicted molar refractivity (Wildman–Crippen MR) is 105 cm³/mol. The monoisotopic (exact) mass is 394 g/mol. The van der Waals surface area contributed by atoms with Crippen molar-refractivity contribution >= 4 is 34.8 Å². The zero-order chi connectivity index (χ0) is 20.4. The number of ether oxygens (including phenoxy) is 2. The highest BCUT2D eigenvalue weighted by Crippen LogP contribution is 2.31. The molecule has 0 atom stereocenters. The lowest BCUT2D eigenvalue weighted by Gasteiger charge is -2.28. The number of carbonyl (C=O) groups is 3. The molecule has 2 aromatic rings. The molecule has 9 nitrogen and oxygen atoms in total. The molecule has 0 fully saturated rings. The Bertz CT molecular complexity index is 1030. The van der Waals surface area contributed by atoms with Gasteiger partial charge in [-0.15, -0.1) is 0 Å². The van der Waals surface area contributed by atoms with E-state index in [1.807, 2.05) is 0 Å². The Labute approximate surface area is 166 Å². The number of nitrogens with zero attached hydrogens (tertiary/aromatic N) is 2. The molecular formula is C20H18N4O5. The lowest BCUT2D eigenvalue weighted by atomic mass is 10.1. The summed E-state index contributed by atoms with van der Waals surface area (Å²) in [6.07, 6.45) is 0. The van der Waals surface area contributed by atoms with Crippen molar-refractivity contribution in [2.24, 2.45) is 5.10 Å². The topological polar surface area (TPSA) is 109 Å². The van der Waals surface area contributed by atoms with Gasteiger partial charge in [0.05, 0.1) is 17.1 Å². The number of hydrazone groups is 1. The first-order valence-corrected chi connectivity index (χ1v) is 8.93. The first-order chi connectivity index (χ1) is 14.0. The number of para-hydroxylation sites is 2. The zero-order valence-electron chi connectivity index (χ0n) is 15.6. The Morgan fingerprint density at radius 1 is 1.14 bits per heavy atom. The molecule has 3 amide bonds. The van der Waals surface area contributed by atoms with E-state index in [1.165, 1.54) is 4.90 Å². The summed E-state index contributed by atoms with van der Waals surface area (Å²) in [6, 6.07) is 12.3. The van der Waals surface area contributed by atoms with Crippen LogP contribution in [0.5, 0.6) is 11.5 Å². The average Bonchev–Trinajstić information content (AvgIpc) is 2.73. The third-order valence-corrected chi connectivity index (χ3v) is 4.49. The Morgan fingerprint density at radius 2 is 1.93 bits per heavy atom. The van der Waals surface area contributed by atoms with Crippen molar-refractivity contribution in [1.29, 1.82) is 0 Å². The van der Waals surface area contributed by atoms with Gasteiger partial charge in [-0.2, -0.15) is 5.10 Å². The molecule has 0 unspecified atom stereocenters. The van der Waals surface area contributed by atoms with Crippen molar-refractivity contribution in [3.05, 3.63) is 48.0 Å². The van der Waals surface area contributed by atoms with Crippen LogP contribution in [0.15, 0.2) is 47.6 Å².